The largest absolute Gasteiger partial charge is 0.343 e. The van der Waals surface area contributed by atoms with Crippen molar-refractivity contribution < 1.29 is 9.72 Å². The smallest absolute Gasteiger partial charge is 0.306 e. The fourth-order valence-corrected chi connectivity index (χ4v) is 3.39. The molecular formula is C14H22ClN5O3. The number of piperidine rings is 1. The highest BCUT2D eigenvalue weighted by Gasteiger charge is 2.37. The third-order valence-corrected chi connectivity index (χ3v) is 4.89. The summed E-state index contributed by atoms with van der Waals surface area (Å²) in [6.07, 6.45) is 6.26. The summed E-state index contributed by atoms with van der Waals surface area (Å²) in [4.78, 5) is 24.3. The number of hydrogen-bond donors (Lipinski definition) is 1. The Morgan fingerprint density at radius 1 is 1.39 bits per heavy atom. The highest BCUT2D eigenvalue weighted by molar-refractivity contribution is 5.85. The van der Waals surface area contributed by atoms with E-state index in [1.165, 1.54) is 23.5 Å². The van der Waals surface area contributed by atoms with Gasteiger partial charge in [0.15, 0.2) is 0 Å². The highest BCUT2D eigenvalue weighted by Crippen LogP contribution is 2.36. The molecule has 0 unspecified atom stereocenters. The van der Waals surface area contributed by atoms with Crippen molar-refractivity contribution in [3.63, 3.8) is 0 Å². The molecule has 0 radical (unpaired) electrons. The molecule has 0 bridgehead atoms. The van der Waals surface area contributed by atoms with Crippen LogP contribution >= 0.6 is 12.4 Å². The molecule has 8 nitrogen and oxygen atoms in total. The topological polar surface area (TPSA) is 93.3 Å². The first-order valence-corrected chi connectivity index (χ1v) is 7.73. The van der Waals surface area contributed by atoms with Crippen LogP contribution in [0.1, 0.15) is 25.7 Å². The summed E-state index contributed by atoms with van der Waals surface area (Å²) in [7, 11) is 0. The molecule has 1 aromatic rings. The number of aromatic nitrogens is 2. The zero-order chi connectivity index (χ0) is 15.6. The van der Waals surface area contributed by atoms with E-state index in [-0.39, 0.29) is 24.0 Å². The lowest BCUT2D eigenvalue weighted by Crippen LogP contribution is -2.44. The van der Waals surface area contributed by atoms with E-state index >= 15 is 0 Å². The average Bonchev–Trinajstić information content (AvgIpc) is 3.15. The Kier molecular flexibility index (Phi) is 5.59. The van der Waals surface area contributed by atoms with E-state index in [0.717, 1.165) is 39.0 Å². The summed E-state index contributed by atoms with van der Waals surface area (Å²) in [5, 5.41) is 17.9. The predicted molar refractivity (Wildman–Crippen MR) is 86.5 cm³/mol. The maximum atomic E-state index is 12.3. The lowest BCUT2D eigenvalue weighted by Gasteiger charge is -2.39. The zero-order valence-corrected chi connectivity index (χ0v) is 13.8. The van der Waals surface area contributed by atoms with Crippen molar-refractivity contribution in [2.45, 2.75) is 32.2 Å². The first-order chi connectivity index (χ1) is 10.6. The number of likely N-dealkylation sites (tertiary alicyclic amines) is 1. The van der Waals surface area contributed by atoms with Gasteiger partial charge in [0.05, 0.1) is 4.92 Å². The van der Waals surface area contributed by atoms with Gasteiger partial charge in [0, 0.05) is 32.6 Å². The Balaban J connectivity index is 0.00000192. The Hall–Kier alpha value is -1.67. The maximum absolute atomic E-state index is 12.3. The number of nitrogens with one attached hydrogen (secondary N) is 1. The van der Waals surface area contributed by atoms with Gasteiger partial charge < -0.3 is 10.2 Å². The number of nitro groups is 1. The van der Waals surface area contributed by atoms with Crippen molar-refractivity contribution in [2.24, 2.45) is 5.41 Å². The van der Waals surface area contributed by atoms with E-state index in [2.05, 4.69) is 10.4 Å². The van der Waals surface area contributed by atoms with Crippen LogP contribution in [-0.2, 0) is 11.3 Å². The van der Waals surface area contributed by atoms with E-state index in [4.69, 9.17) is 0 Å². The molecule has 128 valence electrons. The lowest BCUT2D eigenvalue weighted by atomic mass is 9.78. The molecule has 2 aliphatic rings. The molecule has 0 atom stereocenters. The van der Waals surface area contributed by atoms with Crippen LogP contribution in [0.3, 0.4) is 0 Å². The monoisotopic (exact) mass is 343 g/mol. The Labute approximate surface area is 140 Å². The lowest BCUT2D eigenvalue weighted by molar-refractivity contribution is -0.385. The quantitative estimate of drug-likeness (QED) is 0.655. The van der Waals surface area contributed by atoms with Gasteiger partial charge in [-0.25, -0.2) is 0 Å². The summed E-state index contributed by atoms with van der Waals surface area (Å²) >= 11 is 0. The van der Waals surface area contributed by atoms with Crippen LogP contribution in [0, 0.1) is 15.5 Å². The van der Waals surface area contributed by atoms with Crippen LogP contribution in [0.5, 0.6) is 0 Å². The fourth-order valence-electron chi connectivity index (χ4n) is 3.39. The molecule has 1 N–H and O–H groups in total. The summed E-state index contributed by atoms with van der Waals surface area (Å²) in [6, 6.07) is 0. The van der Waals surface area contributed by atoms with Crippen molar-refractivity contribution in [3.05, 3.63) is 22.5 Å². The minimum Gasteiger partial charge on any atom is -0.343 e. The van der Waals surface area contributed by atoms with Gasteiger partial charge in [0.2, 0.25) is 5.91 Å². The highest BCUT2D eigenvalue weighted by atomic mass is 35.5. The van der Waals surface area contributed by atoms with Gasteiger partial charge in [-0.05, 0) is 31.2 Å². The van der Waals surface area contributed by atoms with Crippen LogP contribution in [0.25, 0.3) is 0 Å². The molecule has 2 fully saturated rings. The van der Waals surface area contributed by atoms with Gasteiger partial charge >= 0.3 is 5.69 Å². The van der Waals surface area contributed by atoms with Gasteiger partial charge in [0.1, 0.15) is 12.4 Å². The zero-order valence-electron chi connectivity index (χ0n) is 12.9. The Bertz CT molecular complexity index is 561. The predicted octanol–water partition coefficient (Wildman–Crippen LogP) is 1.21. The van der Waals surface area contributed by atoms with Crippen LogP contribution in [0.2, 0.25) is 0 Å². The minimum atomic E-state index is -0.481. The number of rotatable bonds is 4. The SMILES string of the molecule is Cl.O=C(CCn1cc([N+](=O)[O-])cn1)N1CCC2(CCNC2)CC1. The molecule has 2 saturated heterocycles. The molecule has 0 aromatic carbocycles. The number of carbonyl (C=O) groups excluding carboxylic acids is 1. The van der Waals surface area contributed by atoms with Crippen molar-refractivity contribution in [2.75, 3.05) is 26.2 Å². The Morgan fingerprint density at radius 3 is 2.70 bits per heavy atom. The summed E-state index contributed by atoms with van der Waals surface area (Å²) in [5.74, 6) is 0.110. The van der Waals surface area contributed by atoms with Crippen LogP contribution in [0.4, 0.5) is 5.69 Å². The molecule has 1 amide bonds. The molecular weight excluding hydrogens is 322 g/mol. The first kappa shape index (κ1) is 17.7. The second-order valence-electron chi connectivity index (χ2n) is 6.28. The summed E-state index contributed by atoms with van der Waals surface area (Å²) in [5.41, 5.74) is 0.362. The number of amides is 1. The van der Waals surface area contributed by atoms with E-state index in [1.807, 2.05) is 4.90 Å². The van der Waals surface area contributed by atoms with Crippen LogP contribution in [-0.4, -0.2) is 51.7 Å². The molecule has 0 aliphatic carbocycles. The van der Waals surface area contributed by atoms with Crippen LogP contribution in [0.15, 0.2) is 12.4 Å². The van der Waals surface area contributed by atoms with Gasteiger partial charge in [-0.3, -0.25) is 19.6 Å². The summed E-state index contributed by atoms with van der Waals surface area (Å²) < 4.78 is 1.46. The third kappa shape index (κ3) is 4.00. The third-order valence-electron chi connectivity index (χ3n) is 4.89. The molecule has 1 aromatic heterocycles. The Morgan fingerprint density at radius 2 is 2.13 bits per heavy atom. The fraction of sp³-hybridized carbons (Fsp3) is 0.714. The number of carbonyl (C=O) groups is 1. The van der Waals surface area contributed by atoms with E-state index in [9.17, 15) is 14.9 Å². The second kappa shape index (κ2) is 7.27. The van der Waals surface area contributed by atoms with Gasteiger partial charge in [-0.2, -0.15) is 5.10 Å². The molecule has 2 aliphatic heterocycles. The number of nitrogens with zero attached hydrogens (tertiary/aromatic N) is 4. The molecule has 3 heterocycles. The molecule has 0 saturated carbocycles. The van der Waals surface area contributed by atoms with Gasteiger partial charge in [-0.1, -0.05) is 0 Å². The second-order valence-corrected chi connectivity index (χ2v) is 6.28. The van der Waals surface area contributed by atoms with Crippen molar-refractivity contribution >= 4 is 24.0 Å². The van der Waals surface area contributed by atoms with E-state index in [0.29, 0.717) is 18.4 Å². The molecule has 9 heteroatoms. The maximum Gasteiger partial charge on any atom is 0.306 e. The van der Waals surface area contributed by atoms with Crippen molar-refractivity contribution in [1.82, 2.24) is 20.0 Å². The standard InChI is InChI=1S/C14H21N5O3.ClH/c20-13(1-6-18-10-12(9-16-18)19(21)22)17-7-3-14(4-8-17)2-5-15-11-14;/h9-10,15H,1-8,11H2;1H. The van der Waals surface area contributed by atoms with Gasteiger partial charge in [-0.15, -0.1) is 12.4 Å². The number of halogens is 1. The number of aryl methyl sites for hydroxylation is 1. The first-order valence-electron chi connectivity index (χ1n) is 7.73. The number of hydrogen-bond acceptors (Lipinski definition) is 5. The van der Waals surface area contributed by atoms with Crippen LogP contribution < -0.4 is 5.32 Å². The van der Waals surface area contributed by atoms with E-state index < -0.39 is 4.92 Å². The minimum absolute atomic E-state index is 0. The molecule has 3 rings (SSSR count). The normalized spacial score (nSPS) is 19.6. The van der Waals surface area contributed by atoms with Crippen molar-refractivity contribution in [1.29, 1.82) is 0 Å². The molecule has 1 spiro atoms. The summed E-state index contributed by atoms with van der Waals surface area (Å²) in [6.45, 7) is 4.19. The van der Waals surface area contributed by atoms with Gasteiger partial charge in [0.25, 0.3) is 0 Å². The van der Waals surface area contributed by atoms with E-state index in [1.54, 1.807) is 0 Å². The molecule has 23 heavy (non-hydrogen) atoms. The van der Waals surface area contributed by atoms with Crippen molar-refractivity contribution in [3.8, 4) is 0 Å². The average molecular weight is 344 g/mol.